The maximum atomic E-state index is 12.5. The van der Waals surface area contributed by atoms with E-state index in [0.29, 0.717) is 21.6 Å². The summed E-state index contributed by atoms with van der Waals surface area (Å²) in [5.41, 5.74) is 0.0355. The molecule has 3 aromatic rings. The van der Waals surface area contributed by atoms with E-state index in [1.807, 2.05) is 0 Å². The maximum Gasteiger partial charge on any atom is 0.267 e. The molecule has 0 aliphatic carbocycles. The Kier molecular flexibility index (Phi) is 4.87. The van der Waals surface area contributed by atoms with Crippen LogP contribution in [0.15, 0.2) is 53.6 Å². The second kappa shape index (κ2) is 7.08. The van der Waals surface area contributed by atoms with Gasteiger partial charge in [-0.3, -0.25) is 9.59 Å². The molecule has 0 saturated heterocycles. The van der Waals surface area contributed by atoms with Crippen molar-refractivity contribution in [2.24, 2.45) is 0 Å². The number of aromatic nitrogens is 4. The summed E-state index contributed by atoms with van der Waals surface area (Å²) in [6.45, 7) is 1.57. The normalized spacial score (nSPS) is 12.0. The summed E-state index contributed by atoms with van der Waals surface area (Å²) >= 11 is 11.8. The molecule has 1 N–H and O–H groups in total. The second-order valence-electron chi connectivity index (χ2n) is 5.25. The average Bonchev–Trinajstić information content (AvgIpc) is 3.08. The quantitative estimate of drug-likeness (QED) is 0.757. The van der Waals surface area contributed by atoms with Crippen molar-refractivity contribution in [3.63, 3.8) is 0 Å². The highest BCUT2D eigenvalue weighted by molar-refractivity contribution is 6.35. The van der Waals surface area contributed by atoms with Crippen LogP contribution in [-0.4, -0.2) is 25.5 Å². The molecule has 0 aliphatic heterocycles. The van der Waals surface area contributed by atoms with E-state index in [9.17, 15) is 9.59 Å². The van der Waals surface area contributed by atoms with E-state index >= 15 is 0 Å². The number of rotatable bonds is 4. The predicted molar refractivity (Wildman–Crippen MR) is 95.4 cm³/mol. The number of nitrogens with zero attached hydrogens (tertiary/aromatic N) is 4. The van der Waals surface area contributed by atoms with Crippen LogP contribution in [0.5, 0.6) is 0 Å². The number of amides is 1. The number of hydrogen-bond acceptors (Lipinski definition) is 4. The van der Waals surface area contributed by atoms with Crippen molar-refractivity contribution in [3.8, 4) is 5.82 Å². The van der Waals surface area contributed by atoms with Gasteiger partial charge in [0.25, 0.3) is 5.56 Å². The smallest absolute Gasteiger partial charge is 0.267 e. The van der Waals surface area contributed by atoms with Crippen molar-refractivity contribution in [1.82, 2.24) is 19.6 Å². The van der Waals surface area contributed by atoms with E-state index in [1.54, 1.807) is 43.6 Å². The topological polar surface area (TPSA) is 81.8 Å². The molecule has 1 atom stereocenters. The van der Waals surface area contributed by atoms with Crippen molar-refractivity contribution in [2.75, 3.05) is 5.32 Å². The molecular weight excluding hydrogens is 365 g/mol. The van der Waals surface area contributed by atoms with Crippen LogP contribution in [0.4, 0.5) is 5.69 Å². The summed E-state index contributed by atoms with van der Waals surface area (Å²) in [6, 6.07) is 8.44. The number of benzene rings is 1. The van der Waals surface area contributed by atoms with E-state index in [1.165, 1.54) is 16.8 Å². The first-order chi connectivity index (χ1) is 11.9. The Morgan fingerprint density at radius 1 is 1.20 bits per heavy atom. The number of anilines is 1. The lowest BCUT2D eigenvalue weighted by molar-refractivity contribution is -0.119. The zero-order chi connectivity index (χ0) is 18.0. The number of hydrogen-bond donors (Lipinski definition) is 1. The SMILES string of the molecule is CC(C(=O)Nc1cc(Cl)cc(Cl)c1)n1nc(-n2cccn2)ccc1=O. The Balaban J connectivity index is 1.87. The minimum atomic E-state index is -0.847. The van der Waals surface area contributed by atoms with Gasteiger partial charge < -0.3 is 5.32 Å². The van der Waals surface area contributed by atoms with Crippen LogP contribution < -0.4 is 10.9 Å². The molecule has 0 fully saturated rings. The number of nitrogens with one attached hydrogen (secondary N) is 1. The zero-order valence-electron chi connectivity index (χ0n) is 13.1. The van der Waals surface area contributed by atoms with Gasteiger partial charge in [-0.1, -0.05) is 23.2 Å². The summed E-state index contributed by atoms with van der Waals surface area (Å²) in [5, 5.41) is 11.7. The van der Waals surface area contributed by atoms with Crippen LogP contribution in [0.2, 0.25) is 10.0 Å². The third-order valence-corrected chi connectivity index (χ3v) is 3.86. The fraction of sp³-hybridized carbons (Fsp3) is 0.125. The molecule has 2 aromatic heterocycles. The van der Waals surface area contributed by atoms with Crippen LogP contribution in [0.3, 0.4) is 0 Å². The van der Waals surface area contributed by atoms with Crippen molar-refractivity contribution in [2.45, 2.75) is 13.0 Å². The largest absolute Gasteiger partial charge is 0.324 e. The Morgan fingerprint density at radius 2 is 1.92 bits per heavy atom. The van der Waals surface area contributed by atoms with Gasteiger partial charge in [-0.25, -0.2) is 9.36 Å². The average molecular weight is 378 g/mol. The van der Waals surface area contributed by atoms with Crippen LogP contribution in [0, 0.1) is 0 Å². The van der Waals surface area contributed by atoms with Crippen LogP contribution >= 0.6 is 23.2 Å². The molecule has 0 radical (unpaired) electrons. The van der Waals surface area contributed by atoms with Crippen LogP contribution in [-0.2, 0) is 4.79 Å². The predicted octanol–water partition coefficient (Wildman–Crippen LogP) is 2.94. The zero-order valence-corrected chi connectivity index (χ0v) is 14.6. The minimum absolute atomic E-state index is 0.395. The molecule has 1 amide bonds. The van der Waals surface area contributed by atoms with E-state index < -0.39 is 17.5 Å². The third kappa shape index (κ3) is 3.89. The first-order valence-electron chi connectivity index (χ1n) is 7.31. The first kappa shape index (κ1) is 17.2. The third-order valence-electron chi connectivity index (χ3n) is 3.43. The van der Waals surface area contributed by atoms with E-state index in [-0.39, 0.29) is 0 Å². The summed E-state index contributed by atoms with van der Waals surface area (Å²) < 4.78 is 2.59. The summed E-state index contributed by atoms with van der Waals surface area (Å²) in [7, 11) is 0. The van der Waals surface area contributed by atoms with Gasteiger partial charge in [0.2, 0.25) is 5.91 Å². The summed E-state index contributed by atoms with van der Waals surface area (Å²) in [4.78, 5) is 24.6. The molecule has 7 nitrogen and oxygen atoms in total. The lowest BCUT2D eigenvalue weighted by Crippen LogP contribution is -2.33. The van der Waals surface area contributed by atoms with Gasteiger partial charge >= 0.3 is 0 Å². The molecule has 1 unspecified atom stereocenters. The van der Waals surface area contributed by atoms with Gasteiger partial charge in [0.15, 0.2) is 5.82 Å². The molecule has 25 heavy (non-hydrogen) atoms. The first-order valence-corrected chi connectivity index (χ1v) is 8.06. The van der Waals surface area contributed by atoms with Crippen LogP contribution in [0.1, 0.15) is 13.0 Å². The van der Waals surface area contributed by atoms with Gasteiger partial charge in [-0.05, 0) is 37.3 Å². The van der Waals surface area contributed by atoms with Gasteiger partial charge in [0.1, 0.15) is 6.04 Å². The molecule has 0 aliphatic rings. The van der Waals surface area contributed by atoms with Gasteiger partial charge in [-0.15, -0.1) is 5.10 Å². The lowest BCUT2D eigenvalue weighted by Gasteiger charge is -2.15. The molecule has 0 bridgehead atoms. The highest BCUT2D eigenvalue weighted by Crippen LogP contribution is 2.23. The van der Waals surface area contributed by atoms with Crippen LogP contribution in [0.25, 0.3) is 5.82 Å². The summed E-state index contributed by atoms with van der Waals surface area (Å²) in [5.74, 6) is 0.000554. The molecule has 3 rings (SSSR count). The van der Waals surface area contributed by atoms with Crippen molar-refractivity contribution >= 4 is 34.8 Å². The highest BCUT2D eigenvalue weighted by atomic mass is 35.5. The maximum absolute atomic E-state index is 12.5. The molecular formula is C16H13Cl2N5O2. The van der Waals surface area contributed by atoms with Crippen molar-refractivity contribution in [1.29, 1.82) is 0 Å². The molecule has 1 aromatic carbocycles. The minimum Gasteiger partial charge on any atom is -0.324 e. The van der Waals surface area contributed by atoms with Crippen molar-refractivity contribution < 1.29 is 4.79 Å². The fourth-order valence-electron chi connectivity index (χ4n) is 2.20. The Bertz CT molecular complexity index is 949. The van der Waals surface area contributed by atoms with Crippen molar-refractivity contribution in [3.05, 3.63) is 69.2 Å². The molecule has 0 spiro atoms. The fourth-order valence-corrected chi connectivity index (χ4v) is 2.73. The monoisotopic (exact) mass is 377 g/mol. The standard InChI is InChI=1S/C16H13Cl2N5O2/c1-10(16(25)20-13-8-11(17)7-12(18)9-13)23-15(24)4-3-14(21-23)22-6-2-5-19-22/h2-10H,1H3,(H,20,25). The Hall–Kier alpha value is -2.64. The molecule has 2 heterocycles. The van der Waals surface area contributed by atoms with Gasteiger partial charge in [0.05, 0.1) is 0 Å². The second-order valence-corrected chi connectivity index (χ2v) is 6.12. The Morgan fingerprint density at radius 3 is 2.56 bits per heavy atom. The van der Waals surface area contributed by atoms with E-state index in [0.717, 1.165) is 4.68 Å². The highest BCUT2D eigenvalue weighted by Gasteiger charge is 2.18. The van der Waals surface area contributed by atoms with E-state index in [2.05, 4.69) is 15.5 Å². The van der Waals surface area contributed by atoms with E-state index in [4.69, 9.17) is 23.2 Å². The number of halogens is 2. The molecule has 128 valence electrons. The molecule has 0 saturated carbocycles. The number of carbonyl (C=O) groups excluding carboxylic acids is 1. The molecule has 9 heteroatoms. The number of carbonyl (C=O) groups is 1. The summed E-state index contributed by atoms with van der Waals surface area (Å²) in [6.07, 6.45) is 3.28. The van der Waals surface area contributed by atoms with Gasteiger partial charge in [0, 0.05) is 34.2 Å². The lowest BCUT2D eigenvalue weighted by atomic mass is 10.2. The Labute approximate surface area is 152 Å². The van der Waals surface area contributed by atoms with Gasteiger partial charge in [-0.2, -0.15) is 5.10 Å².